The van der Waals surface area contributed by atoms with Gasteiger partial charge in [0.15, 0.2) is 0 Å². The van der Waals surface area contributed by atoms with Gasteiger partial charge in [-0.2, -0.15) is 0 Å². The summed E-state index contributed by atoms with van der Waals surface area (Å²) in [7, 11) is 1.59. The number of rotatable bonds is 5. The summed E-state index contributed by atoms with van der Waals surface area (Å²) in [6.07, 6.45) is 1.61. The number of halogens is 1. The summed E-state index contributed by atoms with van der Waals surface area (Å²) in [5, 5.41) is 8.44. The first kappa shape index (κ1) is 20.4. The predicted molar refractivity (Wildman–Crippen MR) is 110 cm³/mol. The van der Waals surface area contributed by atoms with E-state index in [9.17, 15) is 14.0 Å². The van der Waals surface area contributed by atoms with Gasteiger partial charge in [0.25, 0.3) is 0 Å². The Morgan fingerprint density at radius 3 is 2.21 bits per heavy atom. The number of ether oxygens (including phenoxy) is 1. The van der Waals surface area contributed by atoms with E-state index in [-0.39, 0.29) is 17.9 Å². The van der Waals surface area contributed by atoms with Crippen molar-refractivity contribution in [1.29, 1.82) is 0 Å². The molecule has 4 amide bonds. The summed E-state index contributed by atoms with van der Waals surface area (Å²) in [5.41, 5.74) is 1.26. The van der Waals surface area contributed by atoms with E-state index in [1.54, 1.807) is 36.3 Å². The van der Waals surface area contributed by atoms with Gasteiger partial charge in [0, 0.05) is 31.0 Å². The zero-order valence-corrected chi connectivity index (χ0v) is 16.3. The lowest BCUT2D eigenvalue weighted by Crippen LogP contribution is -2.43. The van der Waals surface area contributed by atoms with Crippen LogP contribution in [0.1, 0.15) is 12.8 Å². The number of amides is 4. The molecule has 0 radical (unpaired) electrons. The summed E-state index contributed by atoms with van der Waals surface area (Å²) in [4.78, 5) is 26.1. The van der Waals surface area contributed by atoms with Crippen LogP contribution in [-0.2, 0) is 0 Å². The molecule has 8 heteroatoms. The van der Waals surface area contributed by atoms with Crippen LogP contribution in [0.4, 0.5) is 25.4 Å². The molecular weight excluding hydrogens is 375 g/mol. The highest BCUT2D eigenvalue weighted by molar-refractivity contribution is 5.90. The molecule has 1 saturated heterocycles. The number of hydrogen-bond donors (Lipinski definition) is 3. The number of carbonyl (C=O) groups is 2. The monoisotopic (exact) mass is 400 g/mol. The topological polar surface area (TPSA) is 82.7 Å². The lowest BCUT2D eigenvalue weighted by molar-refractivity contribution is 0.181. The number of anilines is 2. The third-order valence-electron chi connectivity index (χ3n) is 4.90. The third kappa shape index (κ3) is 6.10. The highest BCUT2D eigenvalue weighted by atomic mass is 19.1. The lowest BCUT2D eigenvalue weighted by atomic mass is 9.97. The Hall–Kier alpha value is -3.29. The van der Waals surface area contributed by atoms with Crippen LogP contribution >= 0.6 is 0 Å². The molecule has 0 unspecified atom stereocenters. The van der Waals surface area contributed by atoms with Crippen molar-refractivity contribution < 1.29 is 18.7 Å². The Morgan fingerprint density at radius 2 is 1.59 bits per heavy atom. The molecule has 2 aromatic carbocycles. The van der Waals surface area contributed by atoms with E-state index in [1.165, 1.54) is 24.3 Å². The molecule has 1 fully saturated rings. The van der Waals surface area contributed by atoms with Crippen LogP contribution in [0.25, 0.3) is 0 Å². The zero-order chi connectivity index (χ0) is 20.6. The van der Waals surface area contributed by atoms with E-state index in [0.29, 0.717) is 36.9 Å². The van der Waals surface area contributed by atoms with E-state index in [1.807, 2.05) is 0 Å². The second kappa shape index (κ2) is 9.77. The van der Waals surface area contributed by atoms with Crippen LogP contribution in [0.15, 0.2) is 48.5 Å². The van der Waals surface area contributed by atoms with Gasteiger partial charge in [0.2, 0.25) is 0 Å². The molecule has 0 bridgehead atoms. The van der Waals surface area contributed by atoms with Crippen molar-refractivity contribution in [2.75, 3.05) is 37.4 Å². The Kier molecular flexibility index (Phi) is 6.89. The van der Waals surface area contributed by atoms with Crippen molar-refractivity contribution in [3.8, 4) is 5.75 Å². The largest absolute Gasteiger partial charge is 0.497 e. The van der Waals surface area contributed by atoms with Gasteiger partial charge < -0.3 is 25.6 Å². The van der Waals surface area contributed by atoms with Crippen LogP contribution in [0.2, 0.25) is 0 Å². The first-order valence-electron chi connectivity index (χ1n) is 9.54. The summed E-state index contributed by atoms with van der Waals surface area (Å²) < 4.78 is 18.0. The summed E-state index contributed by atoms with van der Waals surface area (Å²) in [5.74, 6) is 0.699. The Labute approximate surface area is 169 Å². The molecule has 2 aromatic rings. The molecule has 0 aromatic heterocycles. The molecule has 3 N–H and O–H groups in total. The number of hydrogen-bond acceptors (Lipinski definition) is 3. The van der Waals surface area contributed by atoms with Crippen molar-refractivity contribution in [3.05, 3.63) is 54.3 Å². The predicted octanol–water partition coefficient (Wildman–Crippen LogP) is 3.90. The molecule has 0 spiro atoms. The smallest absolute Gasteiger partial charge is 0.321 e. The van der Waals surface area contributed by atoms with E-state index in [0.717, 1.165) is 18.6 Å². The quantitative estimate of drug-likeness (QED) is 0.712. The summed E-state index contributed by atoms with van der Waals surface area (Å²) >= 11 is 0. The molecule has 0 saturated carbocycles. The average molecular weight is 400 g/mol. The van der Waals surface area contributed by atoms with Crippen LogP contribution in [-0.4, -0.2) is 43.7 Å². The van der Waals surface area contributed by atoms with Crippen molar-refractivity contribution >= 4 is 23.4 Å². The second-order valence-electron chi connectivity index (χ2n) is 6.93. The van der Waals surface area contributed by atoms with Gasteiger partial charge in [-0.15, -0.1) is 0 Å². The van der Waals surface area contributed by atoms with Gasteiger partial charge in [0.1, 0.15) is 11.6 Å². The van der Waals surface area contributed by atoms with Gasteiger partial charge in [-0.1, -0.05) is 0 Å². The molecule has 1 heterocycles. The standard InChI is InChI=1S/C21H25FN4O3/c1-29-19-8-6-17(7-9-19)24-20(27)23-14-15-10-12-26(13-11-15)21(28)25-18-4-2-16(22)3-5-18/h2-9,15H,10-14H2,1H3,(H,25,28)(H2,23,24,27). The lowest BCUT2D eigenvalue weighted by Gasteiger charge is -2.32. The Balaban J connectivity index is 1.37. The van der Waals surface area contributed by atoms with Gasteiger partial charge >= 0.3 is 12.1 Å². The molecular formula is C21H25FN4O3. The molecule has 1 aliphatic rings. The average Bonchev–Trinajstić information content (AvgIpc) is 2.75. The molecule has 0 atom stereocenters. The number of benzene rings is 2. The fraction of sp³-hybridized carbons (Fsp3) is 0.333. The highest BCUT2D eigenvalue weighted by Gasteiger charge is 2.23. The van der Waals surface area contributed by atoms with E-state index in [4.69, 9.17) is 4.74 Å². The van der Waals surface area contributed by atoms with Crippen molar-refractivity contribution in [2.45, 2.75) is 12.8 Å². The minimum Gasteiger partial charge on any atom is -0.497 e. The minimum absolute atomic E-state index is 0.194. The maximum atomic E-state index is 12.9. The first-order chi connectivity index (χ1) is 14.0. The van der Waals surface area contributed by atoms with Gasteiger partial charge in [0.05, 0.1) is 7.11 Å². The van der Waals surface area contributed by atoms with Crippen LogP contribution < -0.4 is 20.7 Å². The van der Waals surface area contributed by atoms with Crippen molar-refractivity contribution in [2.24, 2.45) is 5.92 Å². The Morgan fingerprint density at radius 1 is 1.00 bits per heavy atom. The Bertz CT molecular complexity index is 819. The molecule has 3 rings (SSSR count). The molecule has 154 valence electrons. The third-order valence-corrected chi connectivity index (χ3v) is 4.90. The number of nitrogens with one attached hydrogen (secondary N) is 3. The fourth-order valence-electron chi connectivity index (χ4n) is 3.16. The van der Waals surface area contributed by atoms with Crippen LogP contribution in [0, 0.1) is 11.7 Å². The van der Waals surface area contributed by atoms with Gasteiger partial charge in [-0.3, -0.25) is 0 Å². The maximum Gasteiger partial charge on any atom is 0.321 e. The van der Waals surface area contributed by atoms with Crippen LogP contribution in [0.5, 0.6) is 5.75 Å². The minimum atomic E-state index is -0.340. The first-order valence-corrected chi connectivity index (χ1v) is 9.54. The molecule has 1 aliphatic heterocycles. The van der Waals surface area contributed by atoms with Gasteiger partial charge in [-0.25, -0.2) is 14.0 Å². The zero-order valence-electron chi connectivity index (χ0n) is 16.3. The molecule has 7 nitrogen and oxygen atoms in total. The molecule has 0 aliphatic carbocycles. The number of nitrogens with zero attached hydrogens (tertiary/aromatic N) is 1. The highest BCUT2D eigenvalue weighted by Crippen LogP contribution is 2.18. The van der Waals surface area contributed by atoms with Crippen molar-refractivity contribution in [1.82, 2.24) is 10.2 Å². The summed E-state index contributed by atoms with van der Waals surface area (Å²) in [6, 6.07) is 12.3. The van der Waals surface area contributed by atoms with E-state index in [2.05, 4.69) is 16.0 Å². The number of likely N-dealkylation sites (tertiary alicyclic amines) is 1. The number of carbonyl (C=O) groups excluding carboxylic acids is 2. The second-order valence-corrected chi connectivity index (χ2v) is 6.93. The number of urea groups is 2. The van der Waals surface area contributed by atoms with E-state index < -0.39 is 0 Å². The maximum absolute atomic E-state index is 12.9. The molecule has 29 heavy (non-hydrogen) atoms. The number of piperidine rings is 1. The summed E-state index contributed by atoms with van der Waals surface area (Å²) in [6.45, 7) is 1.77. The SMILES string of the molecule is COc1ccc(NC(=O)NCC2CCN(C(=O)Nc3ccc(F)cc3)CC2)cc1. The van der Waals surface area contributed by atoms with Crippen LogP contribution in [0.3, 0.4) is 0 Å². The van der Waals surface area contributed by atoms with Gasteiger partial charge in [-0.05, 0) is 67.3 Å². The number of methoxy groups -OCH3 is 1. The fourth-order valence-corrected chi connectivity index (χ4v) is 3.16. The van der Waals surface area contributed by atoms with Crippen molar-refractivity contribution in [3.63, 3.8) is 0 Å². The normalized spacial score (nSPS) is 14.2. The van der Waals surface area contributed by atoms with E-state index >= 15 is 0 Å².